The summed E-state index contributed by atoms with van der Waals surface area (Å²) in [5.74, 6) is 0.737. The van der Waals surface area contributed by atoms with Gasteiger partial charge in [-0.15, -0.1) is 11.3 Å². The molecule has 0 spiro atoms. The molecule has 20 heavy (non-hydrogen) atoms. The molecule has 6 nitrogen and oxygen atoms in total. The smallest absolute Gasteiger partial charge is 0.209 e. The number of nitrogens with zero attached hydrogens (tertiary/aromatic N) is 2. The van der Waals surface area contributed by atoms with Gasteiger partial charge >= 0.3 is 0 Å². The Morgan fingerprint density at radius 2 is 2.35 bits per heavy atom. The van der Waals surface area contributed by atoms with Gasteiger partial charge in [0.1, 0.15) is 5.01 Å². The van der Waals surface area contributed by atoms with Crippen molar-refractivity contribution in [2.75, 3.05) is 32.6 Å². The van der Waals surface area contributed by atoms with E-state index >= 15 is 0 Å². The van der Waals surface area contributed by atoms with Crippen molar-refractivity contribution in [3.05, 3.63) is 16.6 Å². The summed E-state index contributed by atoms with van der Waals surface area (Å²) in [5, 5.41) is 3.09. The maximum Gasteiger partial charge on any atom is 0.209 e. The van der Waals surface area contributed by atoms with E-state index < -0.39 is 10.0 Å². The van der Waals surface area contributed by atoms with Crippen molar-refractivity contribution in [1.29, 1.82) is 0 Å². The van der Waals surface area contributed by atoms with Crippen LogP contribution in [0.4, 0.5) is 0 Å². The lowest BCUT2D eigenvalue weighted by Gasteiger charge is -2.32. The van der Waals surface area contributed by atoms with Crippen LogP contribution in [0.5, 0.6) is 0 Å². The highest BCUT2D eigenvalue weighted by molar-refractivity contribution is 7.88. The van der Waals surface area contributed by atoms with Gasteiger partial charge in [-0.3, -0.25) is 4.90 Å². The van der Waals surface area contributed by atoms with E-state index in [2.05, 4.69) is 14.6 Å². The fraction of sp³-hybridized carbons (Fsp3) is 0.750. The van der Waals surface area contributed by atoms with Gasteiger partial charge in [-0.05, 0) is 5.92 Å². The number of sulfonamides is 1. The zero-order chi connectivity index (χ0) is 14.2. The van der Waals surface area contributed by atoms with E-state index in [0.717, 1.165) is 31.2 Å². The van der Waals surface area contributed by atoms with Crippen LogP contribution < -0.4 is 4.72 Å². The predicted molar refractivity (Wildman–Crippen MR) is 77.0 cm³/mol. The van der Waals surface area contributed by atoms with E-state index in [-0.39, 0.29) is 6.04 Å². The molecule has 0 saturated carbocycles. The summed E-state index contributed by atoms with van der Waals surface area (Å²) in [5.41, 5.74) is 0. The second kappa shape index (κ2) is 5.69. The van der Waals surface area contributed by atoms with E-state index in [0.29, 0.717) is 18.4 Å². The molecule has 1 N–H and O–H groups in total. The Balaban J connectivity index is 1.65. The lowest BCUT2D eigenvalue weighted by atomic mass is 9.88. The molecule has 0 aliphatic carbocycles. The summed E-state index contributed by atoms with van der Waals surface area (Å²) < 4.78 is 31.1. The summed E-state index contributed by atoms with van der Waals surface area (Å²) in [4.78, 5) is 6.66. The highest BCUT2D eigenvalue weighted by Gasteiger charge is 2.41. The van der Waals surface area contributed by atoms with Crippen molar-refractivity contribution >= 4 is 21.4 Å². The Hall–Kier alpha value is -0.540. The van der Waals surface area contributed by atoms with Gasteiger partial charge < -0.3 is 4.74 Å². The fourth-order valence-corrected chi connectivity index (χ4v) is 4.59. The monoisotopic (exact) mass is 317 g/mol. The maximum absolute atomic E-state index is 11.4. The molecule has 3 atom stereocenters. The molecule has 2 fully saturated rings. The summed E-state index contributed by atoms with van der Waals surface area (Å²) in [7, 11) is -3.19. The molecule has 0 radical (unpaired) electrons. The van der Waals surface area contributed by atoms with Crippen LogP contribution in [0.15, 0.2) is 11.6 Å². The predicted octanol–water partition coefficient (Wildman–Crippen LogP) is 0.139. The average Bonchev–Trinajstić information content (AvgIpc) is 2.97. The third kappa shape index (κ3) is 3.37. The standard InChI is InChI=1S/C12H19N3O3S2/c1-20(16,17)14-11-8-18-7-9-4-15(5-10(9)11)6-12-13-2-3-19-12/h2-3,9-11,14H,4-8H2,1H3/t9-,10-,11+/m0/s1. The zero-order valence-corrected chi connectivity index (χ0v) is 13.0. The van der Waals surface area contributed by atoms with Crippen LogP contribution in [0.2, 0.25) is 0 Å². The van der Waals surface area contributed by atoms with Crippen LogP contribution >= 0.6 is 11.3 Å². The van der Waals surface area contributed by atoms with Crippen LogP contribution in [-0.4, -0.2) is 56.9 Å². The molecular weight excluding hydrogens is 298 g/mol. The van der Waals surface area contributed by atoms with Crippen molar-refractivity contribution in [1.82, 2.24) is 14.6 Å². The molecule has 0 bridgehead atoms. The van der Waals surface area contributed by atoms with Crippen molar-refractivity contribution in [2.45, 2.75) is 12.6 Å². The van der Waals surface area contributed by atoms with Crippen molar-refractivity contribution < 1.29 is 13.2 Å². The molecule has 0 unspecified atom stereocenters. The quantitative estimate of drug-likeness (QED) is 0.855. The Morgan fingerprint density at radius 1 is 1.50 bits per heavy atom. The summed E-state index contributed by atoms with van der Waals surface area (Å²) in [6, 6.07) is -0.106. The van der Waals surface area contributed by atoms with Crippen LogP contribution in [-0.2, 0) is 21.3 Å². The summed E-state index contributed by atoms with van der Waals surface area (Å²) in [6.07, 6.45) is 3.03. The van der Waals surface area contributed by atoms with E-state index in [1.807, 2.05) is 11.6 Å². The minimum atomic E-state index is -3.19. The van der Waals surface area contributed by atoms with Crippen LogP contribution in [0.3, 0.4) is 0 Å². The Kier molecular flexibility index (Phi) is 4.09. The van der Waals surface area contributed by atoms with Crippen LogP contribution in [0, 0.1) is 11.8 Å². The SMILES string of the molecule is CS(=O)(=O)N[C@@H]1COC[C@@H]2CN(Cc3nccs3)C[C@@H]21. The Bertz CT molecular complexity index is 546. The largest absolute Gasteiger partial charge is 0.379 e. The molecule has 8 heteroatoms. The minimum Gasteiger partial charge on any atom is -0.379 e. The van der Waals surface area contributed by atoms with Gasteiger partial charge in [0.05, 0.1) is 26.0 Å². The first-order valence-corrected chi connectivity index (χ1v) is 9.44. The number of hydrogen-bond donors (Lipinski definition) is 1. The second-order valence-corrected chi connectivity index (χ2v) is 8.34. The molecule has 1 aromatic rings. The Labute approximate surface area is 123 Å². The molecule has 3 heterocycles. The molecule has 112 valence electrons. The van der Waals surface area contributed by atoms with E-state index in [9.17, 15) is 8.42 Å². The third-order valence-electron chi connectivity index (χ3n) is 3.92. The van der Waals surface area contributed by atoms with Gasteiger partial charge in [-0.1, -0.05) is 0 Å². The van der Waals surface area contributed by atoms with Crippen LogP contribution in [0.1, 0.15) is 5.01 Å². The van der Waals surface area contributed by atoms with E-state index in [1.165, 1.54) is 6.26 Å². The molecule has 0 amide bonds. The first kappa shape index (κ1) is 14.4. The molecule has 2 aliphatic heterocycles. The van der Waals surface area contributed by atoms with Crippen molar-refractivity contribution in [2.24, 2.45) is 11.8 Å². The van der Waals surface area contributed by atoms with Gasteiger partial charge in [0.25, 0.3) is 0 Å². The van der Waals surface area contributed by atoms with Crippen molar-refractivity contribution in [3.8, 4) is 0 Å². The highest BCUT2D eigenvalue weighted by Crippen LogP contribution is 2.31. The van der Waals surface area contributed by atoms with Gasteiger partial charge in [0.15, 0.2) is 0 Å². The molecule has 3 rings (SSSR count). The molecule has 2 aliphatic rings. The summed E-state index contributed by atoms with van der Waals surface area (Å²) in [6.45, 7) is 3.89. The zero-order valence-electron chi connectivity index (χ0n) is 11.4. The lowest BCUT2D eigenvalue weighted by molar-refractivity contribution is 0.0164. The first-order valence-electron chi connectivity index (χ1n) is 6.67. The number of hydrogen-bond acceptors (Lipinski definition) is 6. The van der Waals surface area contributed by atoms with Gasteiger partial charge in [0, 0.05) is 36.6 Å². The molecule has 2 saturated heterocycles. The van der Waals surface area contributed by atoms with Gasteiger partial charge in [-0.25, -0.2) is 18.1 Å². The fourth-order valence-electron chi connectivity index (χ4n) is 3.14. The number of thiazole rings is 1. The Morgan fingerprint density at radius 3 is 3.05 bits per heavy atom. The number of rotatable bonds is 4. The second-order valence-electron chi connectivity index (χ2n) is 5.58. The lowest BCUT2D eigenvalue weighted by Crippen LogP contribution is -2.49. The van der Waals surface area contributed by atoms with Gasteiger partial charge in [0.2, 0.25) is 10.0 Å². The number of nitrogens with one attached hydrogen (secondary N) is 1. The highest BCUT2D eigenvalue weighted by atomic mass is 32.2. The van der Waals surface area contributed by atoms with E-state index in [1.54, 1.807) is 11.3 Å². The van der Waals surface area contributed by atoms with Crippen molar-refractivity contribution in [3.63, 3.8) is 0 Å². The third-order valence-corrected chi connectivity index (χ3v) is 5.42. The average molecular weight is 317 g/mol. The summed E-state index contributed by atoms with van der Waals surface area (Å²) >= 11 is 1.66. The number of likely N-dealkylation sites (tertiary alicyclic amines) is 1. The first-order chi connectivity index (χ1) is 9.51. The molecular formula is C12H19N3O3S2. The minimum absolute atomic E-state index is 0.106. The van der Waals surface area contributed by atoms with Gasteiger partial charge in [-0.2, -0.15) is 0 Å². The maximum atomic E-state index is 11.4. The normalized spacial score (nSPS) is 31.4. The van der Waals surface area contributed by atoms with Crippen LogP contribution in [0.25, 0.3) is 0 Å². The number of ether oxygens (including phenoxy) is 1. The topological polar surface area (TPSA) is 71.5 Å². The number of aromatic nitrogens is 1. The van der Waals surface area contributed by atoms with E-state index in [4.69, 9.17) is 4.74 Å². The number of fused-ring (bicyclic) bond motifs is 1. The molecule has 1 aromatic heterocycles. The molecule has 0 aromatic carbocycles.